The summed E-state index contributed by atoms with van der Waals surface area (Å²) in [4.78, 5) is 40.0. The molecule has 166 valence electrons. The Bertz CT molecular complexity index is 1040. The number of anilines is 1. The Hall–Kier alpha value is -3.41. The zero-order valence-corrected chi connectivity index (χ0v) is 18.4. The van der Waals surface area contributed by atoms with Crippen LogP contribution in [0.2, 0.25) is 0 Å². The average molecular weight is 432 g/mol. The summed E-state index contributed by atoms with van der Waals surface area (Å²) in [6, 6.07) is 15.4. The number of amides is 3. The van der Waals surface area contributed by atoms with Gasteiger partial charge in [0, 0.05) is 30.4 Å². The van der Waals surface area contributed by atoms with E-state index in [-0.39, 0.29) is 23.8 Å². The average Bonchev–Trinajstić information content (AvgIpc) is 3.64. The van der Waals surface area contributed by atoms with E-state index in [1.165, 1.54) is 6.08 Å². The summed E-state index contributed by atoms with van der Waals surface area (Å²) in [6.45, 7) is 6.45. The number of carbonyl (C=O) groups is 3. The van der Waals surface area contributed by atoms with E-state index < -0.39 is 5.41 Å². The minimum absolute atomic E-state index is 0.114. The molecule has 0 aromatic heterocycles. The third kappa shape index (κ3) is 4.44. The molecule has 1 aliphatic heterocycles. The lowest BCUT2D eigenvalue weighted by atomic mass is 9.72. The van der Waals surface area contributed by atoms with Gasteiger partial charge >= 0.3 is 0 Å². The van der Waals surface area contributed by atoms with E-state index in [0.29, 0.717) is 37.2 Å². The summed E-state index contributed by atoms with van der Waals surface area (Å²) in [5.41, 5.74) is 2.25. The predicted octanol–water partition coefficient (Wildman–Crippen LogP) is 3.57. The summed E-state index contributed by atoms with van der Waals surface area (Å²) in [5.74, 6) is -0.341. The van der Waals surface area contributed by atoms with Crippen molar-refractivity contribution >= 4 is 23.4 Å². The van der Waals surface area contributed by atoms with E-state index in [4.69, 9.17) is 0 Å². The molecule has 0 unspecified atom stereocenters. The van der Waals surface area contributed by atoms with E-state index in [9.17, 15) is 14.4 Å². The number of nitrogens with one attached hydrogen (secondary N) is 2. The molecule has 3 amide bonds. The molecule has 0 radical (unpaired) electrons. The molecule has 6 heteroatoms. The first-order valence-corrected chi connectivity index (χ1v) is 11.1. The van der Waals surface area contributed by atoms with Crippen LogP contribution in [-0.2, 0) is 15.0 Å². The molecular weight excluding hydrogens is 402 g/mol. The van der Waals surface area contributed by atoms with Gasteiger partial charge < -0.3 is 15.5 Å². The Kier molecular flexibility index (Phi) is 6.12. The van der Waals surface area contributed by atoms with Crippen molar-refractivity contribution < 1.29 is 14.4 Å². The van der Waals surface area contributed by atoms with Gasteiger partial charge in [0.15, 0.2) is 0 Å². The topological polar surface area (TPSA) is 78.5 Å². The second-order valence-corrected chi connectivity index (χ2v) is 8.71. The summed E-state index contributed by atoms with van der Waals surface area (Å²) in [5, 5.41) is 6.09. The Balaban J connectivity index is 1.59. The van der Waals surface area contributed by atoms with Crippen LogP contribution in [0.5, 0.6) is 0 Å². The first-order valence-electron chi connectivity index (χ1n) is 11.1. The van der Waals surface area contributed by atoms with Crippen molar-refractivity contribution in [3.05, 3.63) is 77.9 Å². The highest BCUT2D eigenvalue weighted by atomic mass is 16.2. The van der Waals surface area contributed by atoms with Gasteiger partial charge in [-0.15, -0.1) is 0 Å². The first kappa shape index (κ1) is 21.8. The number of hydrogen-bond acceptors (Lipinski definition) is 3. The highest BCUT2D eigenvalue weighted by Gasteiger charge is 2.43. The Morgan fingerprint density at radius 3 is 2.38 bits per heavy atom. The maximum Gasteiger partial charge on any atom is 0.251 e. The zero-order valence-electron chi connectivity index (χ0n) is 18.4. The minimum atomic E-state index is -0.752. The summed E-state index contributed by atoms with van der Waals surface area (Å²) in [6.07, 6.45) is 4.39. The summed E-state index contributed by atoms with van der Waals surface area (Å²) < 4.78 is 0. The molecule has 2 aromatic carbocycles. The van der Waals surface area contributed by atoms with Crippen LogP contribution in [-0.4, -0.2) is 41.8 Å². The number of benzene rings is 2. The fourth-order valence-electron chi connectivity index (χ4n) is 4.28. The van der Waals surface area contributed by atoms with Gasteiger partial charge in [-0.25, -0.2) is 0 Å². The normalized spacial score (nSPS) is 17.3. The summed E-state index contributed by atoms with van der Waals surface area (Å²) >= 11 is 0. The van der Waals surface area contributed by atoms with Gasteiger partial charge in [-0.2, -0.15) is 0 Å². The number of rotatable bonds is 6. The lowest BCUT2D eigenvalue weighted by molar-refractivity contribution is -0.131. The second-order valence-electron chi connectivity index (χ2n) is 8.71. The summed E-state index contributed by atoms with van der Waals surface area (Å²) in [7, 11) is 0. The van der Waals surface area contributed by atoms with Crippen LogP contribution < -0.4 is 10.6 Å². The fraction of sp³-hybridized carbons (Fsp3) is 0.346. The highest BCUT2D eigenvalue weighted by Crippen LogP contribution is 2.37. The van der Waals surface area contributed by atoms with Gasteiger partial charge in [-0.1, -0.05) is 43.0 Å². The molecule has 1 aliphatic carbocycles. The largest absolute Gasteiger partial charge is 0.349 e. The van der Waals surface area contributed by atoms with Crippen molar-refractivity contribution in [2.75, 3.05) is 18.4 Å². The van der Waals surface area contributed by atoms with E-state index in [1.807, 2.05) is 43.3 Å². The van der Waals surface area contributed by atoms with Crippen LogP contribution in [0.4, 0.5) is 5.69 Å². The van der Waals surface area contributed by atoms with Gasteiger partial charge in [0.05, 0.1) is 5.41 Å². The van der Waals surface area contributed by atoms with Crippen LogP contribution in [0.3, 0.4) is 0 Å². The van der Waals surface area contributed by atoms with E-state index in [0.717, 1.165) is 24.0 Å². The standard InChI is InChI=1S/C26H29N3O3/c1-3-23(30)29-15-13-26(14-16-29,20-7-5-4-6-8-20)25(32)28-22-17-19(10-9-18(22)2)24(31)27-21-11-12-21/h3-10,17,21H,1,11-16H2,2H3,(H,27,31)(H,28,32). The molecule has 2 aliphatic rings. The third-order valence-electron chi connectivity index (χ3n) is 6.52. The SMILES string of the molecule is C=CC(=O)N1CCC(C(=O)Nc2cc(C(=O)NC3CC3)ccc2C)(c2ccccc2)CC1. The first-order chi connectivity index (χ1) is 15.4. The van der Waals surface area contributed by atoms with E-state index in [1.54, 1.807) is 17.0 Å². The molecule has 0 bridgehead atoms. The molecule has 2 aromatic rings. The van der Waals surface area contributed by atoms with Crippen molar-refractivity contribution in [1.82, 2.24) is 10.2 Å². The quantitative estimate of drug-likeness (QED) is 0.687. The van der Waals surface area contributed by atoms with Gasteiger partial charge in [-0.05, 0) is 61.9 Å². The molecule has 32 heavy (non-hydrogen) atoms. The number of hydrogen-bond donors (Lipinski definition) is 2. The predicted molar refractivity (Wildman–Crippen MR) is 124 cm³/mol. The van der Waals surface area contributed by atoms with Crippen molar-refractivity contribution in [3.8, 4) is 0 Å². The van der Waals surface area contributed by atoms with E-state index in [2.05, 4.69) is 17.2 Å². The zero-order chi connectivity index (χ0) is 22.7. The maximum atomic E-state index is 13.7. The van der Waals surface area contributed by atoms with E-state index >= 15 is 0 Å². The second kappa shape index (κ2) is 8.99. The molecule has 0 atom stereocenters. The molecule has 4 rings (SSSR count). The van der Waals surface area contributed by atoms with Gasteiger partial charge in [0.25, 0.3) is 5.91 Å². The number of likely N-dealkylation sites (tertiary alicyclic amines) is 1. The number of carbonyl (C=O) groups excluding carboxylic acids is 3. The smallest absolute Gasteiger partial charge is 0.251 e. The molecule has 1 saturated heterocycles. The number of nitrogens with zero attached hydrogens (tertiary/aromatic N) is 1. The van der Waals surface area contributed by atoms with Crippen LogP contribution in [0, 0.1) is 6.92 Å². The third-order valence-corrected chi connectivity index (χ3v) is 6.52. The molecule has 6 nitrogen and oxygen atoms in total. The van der Waals surface area contributed by atoms with Crippen LogP contribution in [0.15, 0.2) is 61.2 Å². The Morgan fingerprint density at radius 1 is 1.06 bits per heavy atom. The maximum absolute atomic E-state index is 13.7. The highest BCUT2D eigenvalue weighted by molar-refractivity contribution is 6.02. The van der Waals surface area contributed by atoms with Crippen molar-refractivity contribution in [1.29, 1.82) is 0 Å². The molecule has 2 fully saturated rings. The van der Waals surface area contributed by atoms with Crippen LogP contribution in [0.25, 0.3) is 0 Å². The molecule has 1 heterocycles. The van der Waals surface area contributed by atoms with Gasteiger partial charge in [0.1, 0.15) is 0 Å². The number of aryl methyl sites for hydroxylation is 1. The Morgan fingerprint density at radius 2 is 1.75 bits per heavy atom. The van der Waals surface area contributed by atoms with Crippen molar-refractivity contribution in [2.45, 2.75) is 44.1 Å². The monoisotopic (exact) mass is 431 g/mol. The van der Waals surface area contributed by atoms with Crippen molar-refractivity contribution in [3.63, 3.8) is 0 Å². The molecule has 0 spiro atoms. The minimum Gasteiger partial charge on any atom is -0.349 e. The van der Waals surface area contributed by atoms with Crippen LogP contribution in [0.1, 0.15) is 47.2 Å². The lowest BCUT2D eigenvalue weighted by Gasteiger charge is -2.41. The van der Waals surface area contributed by atoms with Crippen molar-refractivity contribution in [2.24, 2.45) is 0 Å². The molecular formula is C26H29N3O3. The molecule has 2 N–H and O–H groups in total. The molecule has 1 saturated carbocycles. The fourth-order valence-corrected chi connectivity index (χ4v) is 4.28. The lowest BCUT2D eigenvalue weighted by Crippen LogP contribution is -2.50. The van der Waals surface area contributed by atoms with Gasteiger partial charge in [0.2, 0.25) is 11.8 Å². The van der Waals surface area contributed by atoms with Gasteiger partial charge in [-0.3, -0.25) is 14.4 Å². The Labute approximate surface area is 188 Å². The number of piperidine rings is 1. The van der Waals surface area contributed by atoms with Crippen LogP contribution >= 0.6 is 0 Å².